The van der Waals surface area contributed by atoms with Gasteiger partial charge in [0, 0.05) is 22.4 Å². The van der Waals surface area contributed by atoms with E-state index in [0.717, 1.165) is 18.2 Å². The van der Waals surface area contributed by atoms with Crippen LogP contribution in [0.1, 0.15) is 12.8 Å². The Morgan fingerprint density at radius 2 is 1.79 bits per heavy atom. The van der Waals surface area contributed by atoms with Crippen molar-refractivity contribution < 1.29 is 4.74 Å². The van der Waals surface area contributed by atoms with Crippen LogP contribution in [0.25, 0.3) is 0 Å². The Morgan fingerprint density at radius 1 is 1.04 bits per heavy atom. The van der Waals surface area contributed by atoms with E-state index < -0.39 is 0 Å². The molecule has 0 N–H and O–H groups in total. The fourth-order valence-electron chi connectivity index (χ4n) is 3.64. The molecular formula is C20H24N2OS. The highest BCUT2D eigenvalue weighted by Crippen LogP contribution is 2.49. The maximum absolute atomic E-state index is 5.48. The molecule has 0 atom stereocenters. The summed E-state index contributed by atoms with van der Waals surface area (Å²) in [6, 6.07) is 15.2. The second-order valence-electron chi connectivity index (χ2n) is 6.76. The number of ether oxygens (including phenoxy) is 1. The number of benzene rings is 2. The zero-order valence-electron chi connectivity index (χ0n) is 14.4. The van der Waals surface area contributed by atoms with Gasteiger partial charge in [-0.05, 0) is 63.2 Å². The summed E-state index contributed by atoms with van der Waals surface area (Å²) in [5.41, 5.74) is 2.62. The molecule has 0 unspecified atom stereocenters. The van der Waals surface area contributed by atoms with Crippen LogP contribution in [0.2, 0.25) is 0 Å². The monoisotopic (exact) mass is 340 g/mol. The quantitative estimate of drug-likeness (QED) is 0.808. The van der Waals surface area contributed by atoms with Gasteiger partial charge in [-0.3, -0.25) is 0 Å². The van der Waals surface area contributed by atoms with Crippen LogP contribution in [0.15, 0.2) is 52.3 Å². The first-order valence-electron chi connectivity index (χ1n) is 8.65. The van der Waals surface area contributed by atoms with Crippen LogP contribution in [0.4, 0.5) is 11.4 Å². The van der Waals surface area contributed by atoms with Gasteiger partial charge < -0.3 is 14.5 Å². The third kappa shape index (κ3) is 3.01. The fraction of sp³-hybridized carbons (Fsp3) is 0.400. The van der Waals surface area contributed by atoms with Gasteiger partial charge in [-0.1, -0.05) is 23.9 Å². The Labute approximate surface area is 148 Å². The van der Waals surface area contributed by atoms with E-state index in [1.807, 2.05) is 11.8 Å². The van der Waals surface area contributed by atoms with Crippen molar-refractivity contribution in [1.29, 1.82) is 0 Å². The molecule has 2 heterocycles. The largest absolute Gasteiger partial charge is 0.497 e. The number of likely N-dealkylation sites (tertiary alicyclic amines) is 1. The average Bonchev–Trinajstić information content (AvgIpc) is 2.63. The van der Waals surface area contributed by atoms with E-state index in [1.165, 1.54) is 47.1 Å². The first-order chi connectivity index (χ1) is 11.7. The van der Waals surface area contributed by atoms with Gasteiger partial charge in [0.1, 0.15) is 5.75 Å². The summed E-state index contributed by atoms with van der Waals surface area (Å²) in [6.07, 6.45) is 2.56. The maximum atomic E-state index is 5.48. The topological polar surface area (TPSA) is 15.7 Å². The van der Waals surface area contributed by atoms with Gasteiger partial charge in [-0.15, -0.1) is 0 Å². The lowest BCUT2D eigenvalue weighted by Crippen LogP contribution is -2.36. The Balaban J connectivity index is 1.69. The van der Waals surface area contributed by atoms with E-state index in [9.17, 15) is 0 Å². The third-order valence-electron chi connectivity index (χ3n) is 5.11. The summed E-state index contributed by atoms with van der Waals surface area (Å²) in [5, 5.41) is 0. The lowest BCUT2D eigenvalue weighted by Gasteiger charge is -2.37. The van der Waals surface area contributed by atoms with Crippen molar-refractivity contribution >= 4 is 23.1 Å². The standard InChI is InChI=1S/C20H24N2OS/c1-21-11-9-15(10-12-21)14-22-17-5-3-4-6-19(17)24-20-8-7-16(23-2)13-18(20)22/h3-8,13,15H,9-12,14H2,1-2H3. The molecule has 1 fully saturated rings. The van der Waals surface area contributed by atoms with Crippen molar-refractivity contribution in [3.8, 4) is 5.75 Å². The molecule has 0 aliphatic carbocycles. The van der Waals surface area contributed by atoms with Crippen molar-refractivity contribution in [1.82, 2.24) is 4.90 Å². The number of methoxy groups -OCH3 is 1. The van der Waals surface area contributed by atoms with Gasteiger partial charge in [0.05, 0.1) is 18.5 Å². The number of nitrogens with zero attached hydrogens (tertiary/aromatic N) is 2. The van der Waals surface area contributed by atoms with E-state index in [0.29, 0.717) is 0 Å². The first kappa shape index (κ1) is 15.9. The first-order valence-corrected chi connectivity index (χ1v) is 9.47. The lowest BCUT2D eigenvalue weighted by atomic mass is 9.96. The van der Waals surface area contributed by atoms with E-state index >= 15 is 0 Å². The van der Waals surface area contributed by atoms with Gasteiger partial charge >= 0.3 is 0 Å². The number of hydrogen-bond donors (Lipinski definition) is 0. The van der Waals surface area contributed by atoms with Crippen molar-refractivity contribution in [2.24, 2.45) is 5.92 Å². The highest BCUT2D eigenvalue weighted by atomic mass is 32.2. The predicted molar refractivity (Wildman–Crippen MR) is 101 cm³/mol. The van der Waals surface area contributed by atoms with Crippen LogP contribution >= 0.6 is 11.8 Å². The maximum Gasteiger partial charge on any atom is 0.121 e. The van der Waals surface area contributed by atoms with Crippen molar-refractivity contribution in [2.45, 2.75) is 22.6 Å². The van der Waals surface area contributed by atoms with Crippen molar-refractivity contribution in [3.05, 3.63) is 42.5 Å². The van der Waals surface area contributed by atoms with Crippen LogP contribution in [0.3, 0.4) is 0 Å². The molecular weight excluding hydrogens is 316 g/mol. The van der Waals surface area contributed by atoms with E-state index in [1.54, 1.807) is 7.11 Å². The third-order valence-corrected chi connectivity index (χ3v) is 6.24. The molecule has 2 aliphatic rings. The number of para-hydroxylation sites is 1. The Bertz CT molecular complexity index is 725. The van der Waals surface area contributed by atoms with E-state index in [2.05, 4.69) is 59.3 Å². The van der Waals surface area contributed by atoms with Gasteiger partial charge in [0.2, 0.25) is 0 Å². The minimum Gasteiger partial charge on any atom is -0.497 e. The molecule has 0 saturated carbocycles. The van der Waals surface area contributed by atoms with Crippen LogP contribution < -0.4 is 9.64 Å². The highest BCUT2D eigenvalue weighted by Gasteiger charge is 2.27. The van der Waals surface area contributed by atoms with E-state index in [-0.39, 0.29) is 0 Å². The second kappa shape index (κ2) is 6.69. The Morgan fingerprint density at radius 3 is 2.58 bits per heavy atom. The van der Waals surface area contributed by atoms with Crippen LogP contribution in [0.5, 0.6) is 5.75 Å². The van der Waals surface area contributed by atoms with Crippen LogP contribution in [0, 0.1) is 5.92 Å². The zero-order chi connectivity index (χ0) is 16.5. The summed E-state index contributed by atoms with van der Waals surface area (Å²) >= 11 is 1.86. The summed E-state index contributed by atoms with van der Waals surface area (Å²) < 4.78 is 5.48. The molecule has 24 heavy (non-hydrogen) atoms. The van der Waals surface area contributed by atoms with Gasteiger partial charge in [-0.2, -0.15) is 0 Å². The molecule has 3 nitrogen and oxygen atoms in total. The molecule has 0 bridgehead atoms. The minimum absolute atomic E-state index is 0.747. The SMILES string of the molecule is COc1ccc2c(c1)N(CC1CCN(C)CC1)c1ccccc1S2. The summed E-state index contributed by atoms with van der Waals surface area (Å²) in [4.78, 5) is 7.62. The molecule has 0 radical (unpaired) electrons. The number of rotatable bonds is 3. The number of hydrogen-bond acceptors (Lipinski definition) is 4. The fourth-order valence-corrected chi connectivity index (χ4v) is 4.71. The highest BCUT2D eigenvalue weighted by molar-refractivity contribution is 7.99. The van der Waals surface area contributed by atoms with Crippen molar-refractivity contribution in [2.75, 3.05) is 38.7 Å². The van der Waals surface area contributed by atoms with E-state index in [4.69, 9.17) is 4.74 Å². The number of fused-ring (bicyclic) bond motifs is 2. The molecule has 1 saturated heterocycles. The molecule has 2 aromatic rings. The number of anilines is 2. The minimum atomic E-state index is 0.747. The van der Waals surface area contributed by atoms with Crippen LogP contribution in [-0.4, -0.2) is 38.7 Å². The molecule has 0 amide bonds. The van der Waals surface area contributed by atoms with Gasteiger partial charge in [0.25, 0.3) is 0 Å². The average molecular weight is 340 g/mol. The molecule has 0 aromatic heterocycles. The Hall–Kier alpha value is -1.65. The summed E-state index contributed by atoms with van der Waals surface area (Å²) in [6.45, 7) is 3.51. The van der Waals surface area contributed by atoms with Crippen molar-refractivity contribution in [3.63, 3.8) is 0 Å². The smallest absolute Gasteiger partial charge is 0.121 e. The Kier molecular flexibility index (Phi) is 4.42. The lowest BCUT2D eigenvalue weighted by molar-refractivity contribution is 0.223. The molecule has 4 rings (SSSR count). The van der Waals surface area contributed by atoms with Gasteiger partial charge in [0.15, 0.2) is 0 Å². The number of piperidine rings is 1. The zero-order valence-corrected chi connectivity index (χ0v) is 15.2. The molecule has 2 aliphatic heterocycles. The molecule has 2 aromatic carbocycles. The van der Waals surface area contributed by atoms with Crippen LogP contribution in [-0.2, 0) is 0 Å². The normalized spacial score (nSPS) is 18.2. The van der Waals surface area contributed by atoms with Gasteiger partial charge in [-0.25, -0.2) is 0 Å². The predicted octanol–water partition coefficient (Wildman–Crippen LogP) is 4.64. The molecule has 0 spiro atoms. The molecule has 126 valence electrons. The summed E-state index contributed by atoms with van der Waals surface area (Å²) in [5.74, 6) is 1.68. The second-order valence-corrected chi connectivity index (χ2v) is 7.84. The summed E-state index contributed by atoms with van der Waals surface area (Å²) in [7, 11) is 3.97. The molecule has 4 heteroatoms.